The summed E-state index contributed by atoms with van der Waals surface area (Å²) in [5.41, 5.74) is 0.316. The summed E-state index contributed by atoms with van der Waals surface area (Å²) < 4.78 is 38.2. The number of benzene rings is 1. The molecule has 22 heavy (non-hydrogen) atoms. The first-order valence-corrected chi connectivity index (χ1v) is 7.08. The molecule has 0 spiro atoms. The van der Waals surface area contributed by atoms with E-state index < -0.39 is 11.9 Å². The number of halogens is 3. The Kier molecular flexibility index (Phi) is 3.54. The quantitative estimate of drug-likeness (QED) is 0.863. The topological polar surface area (TPSA) is 29.0 Å². The number of likely N-dealkylation sites (N-methyl/N-ethyl adjacent to an activating group) is 1. The molecule has 0 radical (unpaired) electrons. The molecule has 0 N–H and O–H groups in total. The van der Waals surface area contributed by atoms with Crippen molar-refractivity contribution >= 4 is 5.95 Å². The Morgan fingerprint density at radius 3 is 2.41 bits per heavy atom. The molecule has 1 aliphatic rings. The highest BCUT2D eigenvalue weighted by molar-refractivity contribution is 5.38. The normalized spacial score (nSPS) is 16.4. The lowest BCUT2D eigenvalue weighted by atomic mass is 9.95. The molecule has 2 aromatic rings. The maximum Gasteiger partial charge on any atom is 0.433 e. The molecule has 0 unspecified atom stereocenters. The Labute approximate surface area is 126 Å². The molecular weight excluding hydrogens is 291 g/mol. The Balaban J connectivity index is 1.80. The zero-order valence-corrected chi connectivity index (χ0v) is 12.1. The average Bonchev–Trinajstić information content (AvgIpc) is 3.28. The molecular formula is C16H16F3N3. The monoisotopic (exact) mass is 307 g/mol. The van der Waals surface area contributed by atoms with Crippen LogP contribution in [0.2, 0.25) is 0 Å². The summed E-state index contributed by atoms with van der Waals surface area (Å²) in [5, 5.41) is 0. The van der Waals surface area contributed by atoms with Gasteiger partial charge >= 0.3 is 6.18 Å². The third kappa shape index (κ3) is 2.91. The van der Waals surface area contributed by atoms with Crippen molar-refractivity contribution in [2.75, 3.05) is 18.5 Å². The fourth-order valence-corrected chi connectivity index (χ4v) is 2.70. The van der Waals surface area contributed by atoms with E-state index in [2.05, 4.69) is 22.1 Å². The molecule has 0 aliphatic heterocycles. The summed E-state index contributed by atoms with van der Waals surface area (Å²) in [5.74, 6) is 0.108. The SMILES string of the molecule is CN(CC1(c2ccccc2)CC1)c1nccc(C(F)(F)F)n1. The van der Waals surface area contributed by atoms with Crippen LogP contribution in [0.15, 0.2) is 42.6 Å². The Bertz CT molecular complexity index is 651. The maximum absolute atomic E-state index is 12.7. The van der Waals surface area contributed by atoms with Crippen LogP contribution in [0, 0.1) is 0 Å². The zero-order valence-electron chi connectivity index (χ0n) is 12.1. The van der Waals surface area contributed by atoms with Crippen molar-refractivity contribution in [2.45, 2.75) is 24.4 Å². The molecule has 1 saturated carbocycles. The second kappa shape index (κ2) is 5.26. The molecule has 6 heteroatoms. The van der Waals surface area contributed by atoms with E-state index >= 15 is 0 Å². The summed E-state index contributed by atoms with van der Waals surface area (Å²) in [4.78, 5) is 9.32. The minimum atomic E-state index is -4.45. The molecule has 3 nitrogen and oxygen atoms in total. The van der Waals surface area contributed by atoms with E-state index in [-0.39, 0.29) is 11.4 Å². The molecule has 1 aliphatic carbocycles. The van der Waals surface area contributed by atoms with Gasteiger partial charge in [0.15, 0.2) is 0 Å². The fourth-order valence-electron chi connectivity index (χ4n) is 2.70. The van der Waals surface area contributed by atoms with E-state index in [9.17, 15) is 13.2 Å². The number of anilines is 1. The Hall–Kier alpha value is -2.11. The first kappa shape index (κ1) is 14.8. The smallest absolute Gasteiger partial charge is 0.343 e. The highest BCUT2D eigenvalue weighted by Gasteiger charge is 2.45. The second-order valence-corrected chi connectivity index (χ2v) is 5.74. The van der Waals surface area contributed by atoms with Gasteiger partial charge in [-0.05, 0) is 24.5 Å². The number of aromatic nitrogens is 2. The van der Waals surface area contributed by atoms with E-state index in [1.807, 2.05) is 18.2 Å². The summed E-state index contributed by atoms with van der Waals surface area (Å²) in [7, 11) is 1.73. The van der Waals surface area contributed by atoms with Gasteiger partial charge in [0.25, 0.3) is 0 Å². The van der Waals surface area contributed by atoms with Crippen LogP contribution in [0.3, 0.4) is 0 Å². The van der Waals surface area contributed by atoms with Crippen LogP contribution in [0.4, 0.5) is 19.1 Å². The van der Waals surface area contributed by atoms with Crippen LogP contribution in [-0.2, 0) is 11.6 Å². The molecule has 1 aromatic carbocycles. The first-order chi connectivity index (χ1) is 10.4. The summed E-state index contributed by atoms with van der Waals surface area (Å²) in [6.45, 7) is 0.609. The van der Waals surface area contributed by atoms with Crippen LogP contribution in [-0.4, -0.2) is 23.6 Å². The van der Waals surface area contributed by atoms with Gasteiger partial charge in [-0.1, -0.05) is 30.3 Å². The molecule has 3 rings (SSSR count). The summed E-state index contributed by atoms with van der Waals surface area (Å²) >= 11 is 0. The van der Waals surface area contributed by atoms with E-state index in [0.29, 0.717) is 6.54 Å². The van der Waals surface area contributed by atoms with E-state index in [1.165, 1.54) is 5.56 Å². The summed E-state index contributed by atoms with van der Waals surface area (Å²) in [6, 6.07) is 10.9. The Morgan fingerprint density at radius 2 is 1.82 bits per heavy atom. The standard InChI is InChI=1S/C16H16F3N3/c1-22(14-20-10-7-13(21-14)16(17,18)19)11-15(8-9-15)12-5-3-2-4-6-12/h2-7,10H,8-9,11H2,1H3. The summed E-state index contributed by atoms with van der Waals surface area (Å²) in [6.07, 6.45) is -1.24. The third-order valence-electron chi connectivity index (χ3n) is 4.05. The van der Waals surface area contributed by atoms with Crippen molar-refractivity contribution < 1.29 is 13.2 Å². The molecule has 0 amide bonds. The van der Waals surface area contributed by atoms with Gasteiger partial charge in [-0.3, -0.25) is 0 Å². The minimum Gasteiger partial charge on any atom is -0.343 e. The van der Waals surface area contributed by atoms with Gasteiger partial charge in [0.2, 0.25) is 5.95 Å². The Morgan fingerprint density at radius 1 is 1.14 bits per heavy atom. The number of rotatable bonds is 4. The minimum absolute atomic E-state index is 0.00755. The van der Waals surface area contributed by atoms with Crippen LogP contribution in [0.1, 0.15) is 24.1 Å². The number of alkyl halides is 3. The zero-order chi connectivity index (χ0) is 15.8. The lowest BCUT2D eigenvalue weighted by Crippen LogP contribution is -2.31. The van der Waals surface area contributed by atoms with Gasteiger partial charge in [0, 0.05) is 25.2 Å². The van der Waals surface area contributed by atoms with Crippen molar-refractivity contribution in [2.24, 2.45) is 0 Å². The third-order valence-corrected chi connectivity index (χ3v) is 4.05. The van der Waals surface area contributed by atoms with Gasteiger partial charge in [0.05, 0.1) is 0 Å². The van der Waals surface area contributed by atoms with E-state index in [0.717, 1.165) is 25.1 Å². The van der Waals surface area contributed by atoms with Gasteiger partial charge in [0.1, 0.15) is 5.69 Å². The van der Waals surface area contributed by atoms with Crippen LogP contribution < -0.4 is 4.90 Å². The first-order valence-electron chi connectivity index (χ1n) is 7.08. The van der Waals surface area contributed by atoms with Gasteiger partial charge < -0.3 is 4.90 Å². The maximum atomic E-state index is 12.7. The fraction of sp³-hybridized carbons (Fsp3) is 0.375. The lowest BCUT2D eigenvalue weighted by molar-refractivity contribution is -0.141. The largest absolute Gasteiger partial charge is 0.433 e. The molecule has 1 fully saturated rings. The highest BCUT2D eigenvalue weighted by atomic mass is 19.4. The van der Waals surface area contributed by atoms with Gasteiger partial charge in [-0.25, -0.2) is 9.97 Å². The lowest BCUT2D eigenvalue weighted by Gasteiger charge is -2.24. The highest BCUT2D eigenvalue weighted by Crippen LogP contribution is 2.48. The van der Waals surface area contributed by atoms with Crippen molar-refractivity contribution in [3.63, 3.8) is 0 Å². The second-order valence-electron chi connectivity index (χ2n) is 5.74. The average molecular weight is 307 g/mol. The molecule has 1 heterocycles. The van der Waals surface area contributed by atoms with Crippen molar-refractivity contribution in [3.05, 3.63) is 53.9 Å². The number of nitrogens with zero attached hydrogens (tertiary/aromatic N) is 3. The van der Waals surface area contributed by atoms with E-state index in [4.69, 9.17) is 0 Å². The number of hydrogen-bond donors (Lipinski definition) is 0. The molecule has 0 bridgehead atoms. The van der Waals surface area contributed by atoms with Gasteiger partial charge in [-0.2, -0.15) is 13.2 Å². The van der Waals surface area contributed by atoms with Crippen LogP contribution in [0.25, 0.3) is 0 Å². The van der Waals surface area contributed by atoms with E-state index in [1.54, 1.807) is 11.9 Å². The van der Waals surface area contributed by atoms with Crippen molar-refractivity contribution in [1.82, 2.24) is 9.97 Å². The predicted molar refractivity (Wildman–Crippen MR) is 77.7 cm³/mol. The van der Waals surface area contributed by atoms with Gasteiger partial charge in [-0.15, -0.1) is 0 Å². The predicted octanol–water partition coefficient (Wildman–Crippen LogP) is 3.66. The number of hydrogen-bond acceptors (Lipinski definition) is 3. The van der Waals surface area contributed by atoms with Crippen molar-refractivity contribution in [1.29, 1.82) is 0 Å². The van der Waals surface area contributed by atoms with Crippen LogP contribution >= 0.6 is 0 Å². The molecule has 1 aromatic heterocycles. The molecule has 116 valence electrons. The molecule has 0 saturated heterocycles. The van der Waals surface area contributed by atoms with Crippen LogP contribution in [0.5, 0.6) is 0 Å². The van der Waals surface area contributed by atoms with Crippen molar-refractivity contribution in [3.8, 4) is 0 Å². The molecule has 0 atom stereocenters.